The number of aliphatic imine (C=N–C) groups is 1. The zero-order valence-electron chi connectivity index (χ0n) is 12.4. The summed E-state index contributed by atoms with van der Waals surface area (Å²) in [6.07, 6.45) is 1.40. The average molecular weight is 308 g/mol. The van der Waals surface area contributed by atoms with Crippen LogP contribution in [0.5, 0.6) is 5.95 Å². The summed E-state index contributed by atoms with van der Waals surface area (Å²) in [5.74, 6) is 0.0160. The molecule has 6 nitrogen and oxygen atoms in total. The summed E-state index contributed by atoms with van der Waals surface area (Å²) < 4.78 is 6.00. The van der Waals surface area contributed by atoms with Gasteiger partial charge in [-0.3, -0.25) is 4.99 Å². The Kier molecular flexibility index (Phi) is 3.97. The van der Waals surface area contributed by atoms with E-state index in [1.807, 2.05) is 30.3 Å². The molecule has 1 heterocycles. The summed E-state index contributed by atoms with van der Waals surface area (Å²) >= 11 is 0. The summed E-state index contributed by atoms with van der Waals surface area (Å²) in [6, 6.07) is 16.1. The lowest BCUT2D eigenvalue weighted by molar-refractivity contribution is -0.428. The van der Waals surface area contributed by atoms with E-state index < -0.39 is 0 Å². The Bertz CT molecular complexity index is 870. The van der Waals surface area contributed by atoms with Crippen LogP contribution in [-0.4, -0.2) is 28.1 Å². The van der Waals surface area contributed by atoms with Gasteiger partial charge in [-0.15, -0.1) is 0 Å². The van der Waals surface area contributed by atoms with Gasteiger partial charge in [0.1, 0.15) is 0 Å². The number of benzene rings is 2. The van der Waals surface area contributed by atoms with Crippen molar-refractivity contribution in [3.05, 3.63) is 65.2 Å². The van der Waals surface area contributed by atoms with Crippen LogP contribution in [0.1, 0.15) is 5.69 Å². The van der Waals surface area contributed by atoms with Gasteiger partial charge in [-0.1, -0.05) is 24.3 Å². The fourth-order valence-corrected chi connectivity index (χ4v) is 2.02. The molecule has 2 aromatic carbocycles. The van der Waals surface area contributed by atoms with Gasteiger partial charge in [-0.25, -0.2) is 4.98 Å². The molecule has 3 aromatic rings. The third-order valence-corrected chi connectivity index (χ3v) is 3.18. The lowest BCUT2D eigenvalue weighted by atomic mass is 10.2. The van der Waals surface area contributed by atoms with Gasteiger partial charge in [0.25, 0.3) is 5.69 Å². The molecule has 0 fully saturated rings. The van der Waals surface area contributed by atoms with E-state index in [2.05, 4.69) is 9.98 Å². The third kappa shape index (κ3) is 3.32. The zero-order valence-corrected chi connectivity index (χ0v) is 12.4. The standard InChI is InChI=1S/C17H13N3O3/c1-20(22)14-9-5-8-13(10-14)18-11-15-17(21)23-16(19-15)12-6-3-2-4-7-12/h2-11H,1H3/p+1. The number of hydrogen-bond donors (Lipinski definition) is 1. The zero-order chi connectivity index (χ0) is 16.2. The minimum atomic E-state index is -0.301. The Labute approximate surface area is 132 Å². The van der Waals surface area contributed by atoms with E-state index in [0.717, 1.165) is 10.3 Å². The molecule has 0 saturated carbocycles. The summed E-state index contributed by atoms with van der Waals surface area (Å²) in [7, 11) is 1.42. The second-order valence-corrected chi connectivity index (χ2v) is 4.85. The minimum Gasteiger partial charge on any atom is -0.479 e. The number of rotatable bonds is 4. The molecule has 0 bridgehead atoms. The van der Waals surface area contributed by atoms with Crippen LogP contribution in [0, 0.1) is 4.91 Å². The molecular weight excluding hydrogens is 294 g/mol. The molecule has 0 aliphatic carbocycles. The van der Waals surface area contributed by atoms with Crippen LogP contribution in [0.25, 0.3) is 11.5 Å². The van der Waals surface area contributed by atoms with Crippen molar-refractivity contribution in [2.24, 2.45) is 4.99 Å². The SMILES string of the molecule is C[N+](=O)c1cccc(N=Cc2nc(-c3ccccc3)oc2O)c1. The summed E-state index contributed by atoms with van der Waals surface area (Å²) in [5.41, 5.74) is 2.06. The normalized spacial score (nSPS) is 11.0. The molecule has 23 heavy (non-hydrogen) atoms. The molecule has 0 radical (unpaired) electrons. The van der Waals surface area contributed by atoms with E-state index in [-0.39, 0.29) is 11.6 Å². The van der Waals surface area contributed by atoms with Gasteiger partial charge in [0.15, 0.2) is 12.7 Å². The Morgan fingerprint density at radius 1 is 1.17 bits per heavy atom. The van der Waals surface area contributed by atoms with Crippen molar-refractivity contribution in [2.45, 2.75) is 0 Å². The van der Waals surface area contributed by atoms with E-state index in [1.165, 1.54) is 13.3 Å². The summed E-state index contributed by atoms with van der Waals surface area (Å²) in [5, 5.41) is 9.83. The van der Waals surface area contributed by atoms with E-state index in [9.17, 15) is 10.0 Å². The Balaban J connectivity index is 1.87. The van der Waals surface area contributed by atoms with Crippen LogP contribution in [0.3, 0.4) is 0 Å². The first kappa shape index (κ1) is 14.6. The van der Waals surface area contributed by atoms with E-state index in [4.69, 9.17) is 4.42 Å². The van der Waals surface area contributed by atoms with Crippen molar-refractivity contribution < 1.29 is 14.3 Å². The van der Waals surface area contributed by atoms with Gasteiger partial charge in [0.2, 0.25) is 5.89 Å². The summed E-state index contributed by atoms with van der Waals surface area (Å²) in [6.45, 7) is 0. The van der Waals surface area contributed by atoms with Crippen LogP contribution in [0.2, 0.25) is 0 Å². The van der Waals surface area contributed by atoms with Crippen molar-refractivity contribution in [3.8, 4) is 17.4 Å². The molecular formula is C17H14N3O3+. The molecule has 1 aromatic heterocycles. The van der Waals surface area contributed by atoms with E-state index in [0.29, 0.717) is 17.3 Å². The van der Waals surface area contributed by atoms with Crippen molar-refractivity contribution in [3.63, 3.8) is 0 Å². The van der Waals surface area contributed by atoms with Gasteiger partial charge in [0.05, 0.1) is 11.9 Å². The number of nitroso groups, excluding NO2 is 1. The first-order chi connectivity index (χ1) is 11.1. The van der Waals surface area contributed by atoms with Crippen molar-refractivity contribution in [1.82, 2.24) is 4.98 Å². The maximum atomic E-state index is 11.3. The van der Waals surface area contributed by atoms with Gasteiger partial charge in [-0.05, 0) is 18.2 Å². The highest BCUT2D eigenvalue weighted by atomic mass is 16.5. The second kappa shape index (κ2) is 6.23. The molecule has 0 aliphatic heterocycles. The van der Waals surface area contributed by atoms with E-state index in [1.54, 1.807) is 24.3 Å². The largest absolute Gasteiger partial charge is 0.479 e. The molecule has 0 aliphatic rings. The molecule has 114 valence electrons. The first-order valence-electron chi connectivity index (χ1n) is 6.93. The lowest BCUT2D eigenvalue weighted by Crippen LogP contribution is -1.89. The third-order valence-electron chi connectivity index (χ3n) is 3.18. The van der Waals surface area contributed by atoms with Crippen LogP contribution in [0.4, 0.5) is 11.4 Å². The van der Waals surface area contributed by atoms with Gasteiger partial charge in [0, 0.05) is 27.4 Å². The minimum absolute atomic E-state index is 0.227. The van der Waals surface area contributed by atoms with Crippen LogP contribution < -0.4 is 0 Å². The molecule has 3 rings (SSSR count). The van der Waals surface area contributed by atoms with Gasteiger partial charge < -0.3 is 9.52 Å². The number of nitrogens with zero attached hydrogens (tertiary/aromatic N) is 3. The van der Waals surface area contributed by atoms with Crippen molar-refractivity contribution in [2.75, 3.05) is 7.05 Å². The fourth-order valence-electron chi connectivity index (χ4n) is 2.02. The molecule has 0 saturated heterocycles. The highest BCUT2D eigenvalue weighted by molar-refractivity contribution is 5.83. The van der Waals surface area contributed by atoms with Crippen LogP contribution in [-0.2, 0) is 0 Å². The smallest absolute Gasteiger partial charge is 0.312 e. The highest BCUT2D eigenvalue weighted by Gasteiger charge is 2.12. The average Bonchev–Trinajstić information content (AvgIpc) is 2.95. The monoisotopic (exact) mass is 308 g/mol. The van der Waals surface area contributed by atoms with E-state index >= 15 is 0 Å². The molecule has 0 amide bonds. The predicted molar refractivity (Wildman–Crippen MR) is 86.5 cm³/mol. The van der Waals surface area contributed by atoms with Crippen molar-refractivity contribution in [1.29, 1.82) is 0 Å². The Hall–Kier alpha value is -3.28. The maximum absolute atomic E-state index is 11.3. The second-order valence-electron chi connectivity index (χ2n) is 4.85. The molecule has 0 unspecified atom stereocenters. The van der Waals surface area contributed by atoms with Crippen molar-refractivity contribution >= 4 is 17.6 Å². The molecule has 1 N–H and O–H groups in total. The molecule has 0 spiro atoms. The van der Waals surface area contributed by atoms with Gasteiger partial charge in [-0.2, -0.15) is 0 Å². The lowest BCUT2D eigenvalue weighted by Gasteiger charge is -1.92. The molecule has 0 atom stereocenters. The highest BCUT2D eigenvalue weighted by Crippen LogP contribution is 2.26. The Morgan fingerprint density at radius 3 is 2.70 bits per heavy atom. The maximum Gasteiger partial charge on any atom is 0.312 e. The topological polar surface area (TPSA) is 78.7 Å². The number of oxazole rings is 1. The predicted octanol–water partition coefficient (Wildman–Crippen LogP) is 3.84. The first-order valence-corrected chi connectivity index (χ1v) is 6.93. The fraction of sp³-hybridized carbons (Fsp3) is 0.0588. The quantitative estimate of drug-likeness (QED) is 0.586. The van der Waals surface area contributed by atoms with Crippen LogP contribution >= 0.6 is 0 Å². The van der Waals surface area contributed by atoms with Gasteiger partial charge >= 0.3 is 5.95 Å². The number of aromatic nitrogens is 1. The molecule has 6 heteroatoms. The summed E-state index contributed by atoms with van der Waals surface area (Å²) in [4.78, 5) is 19.7. The Morgan fingerprint density at radius 2 is 1.96 bits per heavy atom. The van der Waals surface area contributed by atoms with Crippen LogP contribution in [0.15, 0.2) is 64.0 Å². The number of hydrogen-bond acceptors (Lipinski definition) is 5. The number of aromatic hydroxyl groups is 1.